The van der Waals surface area contributed by atoms with Gasteiger partial charge in [0.05, 0.1) is 21.6 Å². The van der Waals surface area contributed by atoms with Crippen LogP contribution in [0.4, 0.5) is 8.78 Å². The van der Waals surface area contributed by atoms with Gasteiger partial charge in [0.2, 0.25) is 0 Å². The molecule has 16 heavy (non-hydrogen) atoms. The third-order valence-corrected chi connectivity index (χ3v) is 2.86. The average Bonchev–Trinajstić information content (AvgIpc) is 2.65. The third kappa shape index (κ3) is 1.89. The molecule has 2 rings (SSSR count). The fraction of sp³-hybridized carbons (Fsp3) is 0.300. The SMILES string of the molecule is CCn1ncc2c(OC(F)F)c(Br)ccc21. The summed E-state index contributed by atoms with van der Waals surface area (Å²) in [4.78, 5) is 0. The largest absolute Gasteiger partial charge is 0.433 e. The highest BCUT2D eigenvalue weighted by Gasteiger charge is 2.14. The number of alkyl halides is 2. The highest BCUT2D eigenvalue weighted by molar-refractivity contribution is 9.10. The van der Waals surface area contributed by atoms with E-state index in [-0.39, 0.29) is 5.75 Å². The molecule has 0 saturated heterocycles. The Hall–Kier alpha value is -1.17. The van der Waals surface area contributed by atoms with Crippen molar-refractivity contribution in [3.05, 3.63) is 22.8 Å². The zero-order chi connectivity index (χ0) is 11.7. The van der Waals surface area contributed by atoms with Crippen LogP contribution in [0.3, 0.4) is 0 Å². The fourth-order valence-electron chi connectivity index (χ4n) is 1.56. The maximum absolute atomic E-state index is 12.2. The van der Waals surface area contributed by atoms with Crippen LogP contribution in [0.25, 0.3) is 10.9 Å². The summed E-state index contributed by atoms with van der Waals surface area (Å²) >= 11 is 3.18. The minimum atomic E-state index is -2.84. The highest BCUT2D eigenvalue weighted by Crippen LogP contribution is 2.34. The summed E-state index contributed by atoms with van der Waals surface area (Å²) in [5.41, 5.74) is 0.779. The first kappa shape index (κ1) is 11.3. The van der Waals surface area contributed by atoms with Gasteiger partial charge in [-0.2, -0.15) is 13.9 Å². The minimum absolute atomic E-state index is 0.132. The van der Waals surface area contributed by atoms with Crippen molar-refractivity contribution in [2.24, 2.45) is 0 Å². The molecule has 0 aliphatic carbocycles. The zero-order valence-corrected chi connectivity index (χ0v) is 10.0. The summed E-state index contributed by atoms with van der Waals surface area (Å²) in [6.07, 6.45) is 1.53. The molecule has 0 saturated carbocycles. The Kier molecular flexibility index (Phi) is 3.09. The van der Waals surface area contributed by atoms with Crippen molar-refractivity contribution >= 4 is 26.8 Å². The first-order valence-corrected chi connectivity index (χ1v) is 5.51. The van der Waals surface area contributed by atoms with Crippen molar-refractivity contribution in [3.8, 4) is 5.75 Å². The number of ether oxygens (including phenoxy) is 1. The van der Waals surface area contributed by atoms with Crippen molar-refractivity contribution in [2.75, 3.05) is 0 Å². The van der Waals surface area contributed by atoms with Crippen LogP contribution < -0.4 is 4.74 Å². The molecule has 2 aromatic rings. The lowest BCUT2D eigenvalue weighted by molar-refractivity contribution is -0.0492. The van der Waals surface area contributed by atoms with Crippen LogP contribution in [0.2, 0.25) is 0 Å². The molecule has 1 aromatic heterocycles. The summed E-state index contributed by atoms with van der Waals surface area (Å²) in [5, 5.41) is 4.67. The number of hydrogen-bond acceptors (Lipinski definition) is 2. The zero-order valence-electron chi connectivity index (χ0n) is 8.45. The second-order valence-electron chi connectivity index (χ2n) is 3.15. The van der Waals surface area contributed by atoms with Crippen molar-refractivity contribution < 1.29 is 13.5 Å². The smallest absolute Gasteiger partial charge is 0.387 e. The summed E-state index contributed by atoms with van der Waals surface area (Å²) in [7, 11) is 0. The Morgan fingerprint density at radius 1 is 1.50 bits per heavy atom. The maximum atomic E-state index is 12.2. The van der Waals surface area contributed by atoms with Gasteiger partial charge in [0, 0.05) is 6.54 Å². The van der Waals surface area contributed by atoms with Gasteiger partial charge in [-0.25, -0.2) is 0 Å². The van der Waals surface area contributed by atoms with E-state index in [4.69, 9.17) is 0 Å². The van der Waals surface area contributed by atoms with Crippen molar-refractivity contribution in [2.45, 2.75) is 20.1 Å². The molecule has 0 radical (unpaired) electrons. The number of aryl methyl sites for hydroxylation is 1. The average molecular weight is 291 g/mol. The molecule has 0 spiro atoms. The monoisotopic (exact) mass is 290 g/mol. The molecular weight excluding hydrogens is 282 g/mol. The predicted molar refractivity (Wildman–Crippen MR) is 59.7 cm³/mol. The van der Waals surface area contributed by atoms with Crippen LogP contribution in [-0.4, -0.2) is 16.4 Å². The Labute approximate surface area is 99.1 Å². The van der Waals surface area contributed by atoms with Crippen LogP contribution in [-0.2, 0) is 6.54 Å². The van der Waals surface area contributed by atoms with Crippen molar-refractivity contribution in [1.82, 2.24) is 9.78 Å². The molecule has 0 bridgehead atoms. The number of aromatic nitrogens is 2. The quantitative estimate of drug-likeness (QED) is 0.866. The maximum Gasteiger partial charge on any atom is 0.387 e. The Morgan fingerprint density at radius 2 is 2.25 bits per heavy atom. The van der Waals surface area contributed by atoms with E-state index in [1.165, 1.54) is 6.20 Å². The second-order valence-corrected chi connectivity index (χ2v) is 4.00. The van der Waals surface area contributed by atoms with E-state index in [0.29, 0.717) is 16.4 Å². The molecule has 0 amide bonds. The van der Waals surface area contributed by atoms with E-state index in [1.807, 2.05) is 13.0 Å². The van der Waals surface area contributed by atoms with Gasteiger partial charge in [0.1, 0.15) is 0 Å². The molecule has 86 valence electrons. The molecule has 0 unspecified atom stereocenters. The minimum Gasteiger partial charge on any atom is -0.433 e. The van der Waals surface area contributed by atoms with E-state index >= 15 is 0 Å². The summed E-state index contributed by atoms with van der Waals surface area (Å²) in [6, 6.07) is 3.49. The van der Waals surface area contributed by atoms with Crippen molar-refractivity contribution in [1.29, 1.82) is 0 Å². The molecule has 0 N–H and O–H groups in total. The van der Waals surface area contributed by atoms with Gasteiger partial charge in [-0.05, 0) is 35.0 Å². The van der Waals surface area contributed by atoms with E-state index in [2.05, 4.69) is 25.8 Å². The first-order valence-electron chi connectivity index (χ1n) is 4.72. The lowest BCUT2D eigenvalue weighted by Gasteiger charge is -2.08. The van der Waals surface area contributed by atoms with Gasteiger partial charge < -0.3 is 4.74 Å². The molecule has 1 heterocycles. The van der Waals surface area contributed by atoms with Gasteiger partial charge in [0.15, 0.2) is 5.75 Å². The van der Waals surface area contributed by atoms with Gasteiger partial charge in [-0.1, -0.05) is 0 Å². The number of rotatable bonds is 3. The van der Waals surface area contributed by atoms with Crippen molar-refractivity contribution in [3.63, 3.8) is 0 Å². The number of nitrogens with zero attached hydrogens (tertiary/aromatic N) is 2. The first-order chi connectivity index (χ1) is 7.63. The summed E-state index contributed by atoms with van der Waals surface area (Å²) in [5.74, 6) is 0.132. The Morgan fingerprint density at radius 3 is 2.88 bits per heavy atom. The standard InChI is InChI=1S/C10H9BrF2N2O/c1-2-15-8-4-3-7(11)9(16-10(12)13)6(8)5-14-15/h3-5,10H,2H2,1H3. The van der Waals surface area contributed by atoms with Gasteiger partial charge >= 0.3 is 6.61 Å². The van der Waals surface area contributed by atoms with Crippen LogP contribution >= 0.6 is 15.9 Å². The normalized spacial score (nSPS) is 11.3. The molecule has 3 nitrogen and oxygen atoms in total. The summed E-state index contributed by atoms with van der Waals surface area (Å²) < 4.78 is 31.2. The van der Waals surface area contributed by atoms with E-state index in [1.54, 1.807) is 10.7 Å². The molecule has 0 aliphatic heterocycles. The number of benzene rings is 1. The van der Waals surface area contributed by atoms with Crippen LogP contribution in [0.1, 0.15) is 6.92 Å². The third-order valence-electron chi connectivity index (χ3n) is 2.24. The topological polar surface area (TPSA) is 27.1 Å². The fourth-order valence-corrected chi connectivity index (χ4v) is 2.00. The Bertz CT molecular complexity index is 513. The summed E-state index contributed by atoms with van der Waals surface area (Å²) in [6.45, 7) is -0.228. The number of hydrogen-bond donors (Lipinski definition) is 0. The molecule has 0 fully saturated rings. The second kappa shape index (κ2) is 4.37. The van der Waals surface area contributed by atoms with E-state index in [0.717, 1.165) is 5.52 Å². The van der Waals surface area contributed by atoms with Gasteiger partial charge in [-0.15, -0.1) is 0 Å². The van der Waals surface area contributed by atoms with Gasteiger partial charge in [-0.3, -0.25) is 4.68 Å². The molecule has 6 heteroatoms. The number of halogens is 3. The highest BCUT2D eigenvalue weighted by atomic mass is 79.9. The molecular formula is C10H9BrF2N2O. The lowest BCUT2D eigenvalue weighted by Crippen LogP contribution is -2.03. The Balaban J connectivity index is 2.61. The molecule has 1 aromatic carbocycles. The van der Waals surface area contributed by atoms with Crippen LogP contribution in [0.5, 0.6) is 5.75 Å². The van der Waals surface area contributed by atoms with Gasteiger partial charge in [0.25, 0.3) is 0 Å². The lowest BCUT2D eigenvalue weighted by atomic mass is 10.2. The number of fused-ring (bicyclic) bond motifs is 1. The van der Waals surface area contributed by atoms with E-state index < -0.39 is 6.61 Å². The van der Waals surface area contributed by atoms with Crippen LogP contribution in [0.15, 0.2) is 22.8 Å². The molecule has 0 atom stereocenters. The van der Waals surface area contributed by atoms with E-state index in [9.17, 15) is 8.78 Å². The molecule has 0 aliphatic rings. The predicted octanol–water partition coefficient (Wildman–Crippen LogP) is 3.42. The van der Waals surface area contributed by atoms with Crippen LogP contribution in [0, 0.1) is 0 Å².